The highest BCUT2D eigenvalue weighted by molar-refractivity contribution is 6.97. The zero-order chi connectivity index (χ0) is 35.9. The monoisotopic (exact) mass is 672 g/mol. The highest BCUT2D eigenvalue weighted by Crippen LogP contribution is 2.55. The molecule has 10 rings (SSSR count). The topological polar surface area (TPSA) is 8.17 Å². The maximum atomic E-state index is 2.53. The highest BCUT2D eigenvalue weighted by atomic mass is 15.2. The number of allylic oxidation sites excluding steroid dienone is 1. The molecule has 3 aliphatic rings. The van der Waals surface area contributed by atoms with E-state index in [1.54, 1.807) is 5.47 Å². The lowest BCUT2D eigenvalue weighted by Crippen LogP contribution is -2.52. The van der Waals surface area contributed by atoms with Gasteiger partial charge in [-0.2, -0.15) is 0 Å². The molecule has 3 heteroatoms. The van der Waals surface area contributed by atoms with Gasteiger partial charge in [0.2, 0.25) is 6.71 Å². The fourth-order valence-corrected chi connectivity index (χ4v) is 9.70. The molecule has 0 atom stereocenters. The number of para-hydroxylation sites is 1. The second kappa shape index (κ2) is 10.4. The highest BCUT2D eigenvalue weighted by Gasteiger charge is 2.52. The van der Waals surface area contributed by atoms with Gasteiger partial charge < -0.3 is 9.47 Å². The number of nitrogens with zero attached hydrogens (tertiary/aromatic N) is 2. The van der Waals surface area contributed by atoms with Gasteiger partial charge in [-0.25, -0.2) is 0 Å². The minimum atomic E-state index is -0.0832. The van der Waals surface area contributed by atoms with E-state index in [1.807, 2.05) is 0 Å². The summed E-state index contributed by atoms with van der Waals surface area (Å²) in [5.74, 6) is 0. The van der Waals surface area contributed by atoms with Crippen LogP contribution in [0.3, 0.4) is 0 Å². The van der Waals surface area contributed by atoms with E-state index in [0.29, 0.717) is 0 Å². The van der Waals surface area contributed by atoms with Gasteiger partial charge in [-0.15, -0.1) is 0 Å². The van der Waals surface area contributed by atoms with Crippen LogP contribution in [0.2, 0.25) is 0 Å². The first-order chi connectivity index (χ1) is 24.8. The van der Waals surface area contributed by atoms with E-state index in [4.69, 9.17) is 0 Å². The summed E-state index contributed by atoms with van der Waals surface area (Å²) >= 11 is 0. The van der Waals surface area contributed by atoms with Crippen LogP contribution in [0.15, 0.2) is 133 Å². The summed E-state index contributed by atoms with van der Waals surface area (Å²) in [6, 6.07) is 48.6. The predicted molar refractivity (Wildman–Crippen MR) is 223 cm³/mol. The number of rotatable bonds is 2. The Morgan fingerprint density at radius 1 is 0.538 bits per heavy atom. The lowest BCUT2D eigenvalue weighted by atomic mass is 9.33. The molecule has 254 valence electrons. The van der Waals surface area contributed by atoms with Gasteiger partial charge in [0.05, 0.1) is 11.0 Å². The summed E-state index contributed by atoms with van der Waals surface area (Å²) in [6.07, 6.45) is 0. The SMILES string of the molecule is CC(C)(C)c1ccc2c(c1)c1cc(C(C)(C)C)ccc1n2-c1ccc2c(c1)N(c1ccccc1)c1cccc3c1B2C1=C3c2ccccc2C1(C)C. The van der Waals surface area contributed by atoms with E-state index >= 15 is 0 Å². The molecule has 0 spiro atoms. The van der Waals surface area contributed by atoms with Gasteiger partial charge in [0.15, 0.2) is 0 Å². The average molecular weight is 673 g/mol. The number of anilines is 3. The maximum absolute atomic E-state index is 2.53. The Morgan fingerprint density at radius 2 is 1.15 bits per heavy atom. The van der Waals surface area contributed by atoms with Crippen LogP contribution in [0, 0.1) is 0 Å². The Hall–Kier alpha value is -5.28. The quantitative estimate of drug-likeness (QED) is 0.166. The van der Waals surface area contributed by atoms with Crippen LogP contribution in [0.1, 0.15) is 83.2 Å². The van der Waals surface area contributed by atoms with Crippen LogP contribution in [0.4, 0.5) is 17.1 Å². The van der Waals surface area contributed by atoms with E-state index < -0.39 is 0 Å². The smallest absolute Gasteiger partial charge is 0.244 e. The number of aromatic nitrogens is 1. The van der Waals surface area contributed by atoms with Crippen molar-refractivity contribution in [2.45, 2.75) is 71.6 Å². The van der Waals surface area contributed by atoms with Crippen molar-refractivity contribution >= 4 is 62.1 Å². The molecule has 3 heterocycles. The molecule has 2 aliphatic heterocycles. The van der Waals surface area contributed by atoms with Crippen LogP contribution in [-0.2, 0) is 16.2 Å². The second-order valence-electron chi connectivity index (χ2n) is 17.8. The Labute approximate surface area is 308 Å². The molecule has 1 aromatic heterocycles. The fraction of sp³-hybridized carbons (Fsp3) is 0.224. The van der Waals surface area contributed by atoms with Crippen molar-refractivity contribution < 1.29 is 0 Å². The molecule has 0 N–H and O–H groups in total. The lowest BCUT2D eigenvalue weighted by molar-refractivity contribution is 0.590. The summed E-state index contributed by atoms with van der Waals surface area (Å²) < 4.78 is 2.51. The number of hydrogen-bond acceptors (Lipinski definition) is 1. The summed E-state index contributed by atoms with van der Waals surface area (Å²) in [7, 11) is 0. The Morgan fingerprint density at radius 3 is 1.81 bits per heavy atom. The standard InChI is InChI=1S/C49H45BN2/c1-47(2,3)30-21-25-40-36(27-30)37-28-31(48(4,5)6)22-26-41(37)52(40)33-23-24-39-43(29-33)51(32-15-10-9-11-16-32)42-20-14-18-35-44-34-17-12-13-19-38(34)49(7,8)46(44)50(39)45(35)42/h9-29H,1-8H3. The molecule has 52 heavy (non-hydrogen) atoms. The van der Waals surface area contributed by atoms with Crippen molar-refractivity contribution in [3.63, 3.8) is 0 Å². The number of hydrogen-bond donors (Lipinski definition) is 0. The fourth-order valence-electron chi connectivity index (χ4n) is 9.70. The molecule has 0 bridgehead atoms. The van der Waals surface area contributed by atoms with Gasteiger partial charge in [-0.1, -0.05) is 134 Å². The van der Waals surface area contributed by atoms with E-state index in [2.05, 4.69) is 192 Å². The van der Waals surface area contributed by atoms with E-state index in [9.17, 15) is 0 Å². The van der Waals surface area contributed by atoms with E-state index in [1.165, 1.54) is 88.9 Å². The van der Waals surface area contributed by atoms with Gasteiger partial charge in [0.25, 0.3) is 0 Å². The van der Waals surface area contributed by atoms with Gasteiger partial charge in [-0.3, -0.25) is 0 Å². The van der Waals surface area contributed by atoms with Crippen molar-refractivity contribution in [1.82, 2.24) is 4.57 Å². The van der Waals surface area contributed by atoms with Crippen LogP contribution in [-0.4, -0.2) is 11.3 Å². The summed E-state index contributed by atoms with van der Waals surface area (Å²) in [5.41, 5.74) is 20.2. The zero-order valence-electron chi connectivity index (χ0n) is 31.6. The molecule has 6 aromatic carbocycles. The van der Waals surface area contributed by atoms with Crippen molar-refractivity contribution in [1.29, 1.82) is 0 Å². The molecular formula is C49H45BN2. The van der Waals surface area contributed by atoms with Crippen LogP contribution < -0.4 is 15.8 Å². The van der Waals surface area contributed by atoms with Crippen molar-refractivity contribution in [2.24, 2.45) is 0 Å². The normalized spacial score (nSPS) is 15.7. The third kappa shape index (κ3) is 4.20. The third-order valence-corrected chi connectivity index (χ3v) is 12.3. The number of fused-ring (bicyclic) bond motifs is 9. The average Bonchev–Trinajstić information content (AvgIpc) is 3.73. The molecule has 1 aliphatic carbocycles. The molecule has 0 fully saturated rings. The van der Waals surface area contributed by atoms with Gasteiger partial charge in [0.1, 0.15) is 0 Å². The first-order valence-electron chi connectivity index (χ1n) is 18.9. The van der Waals surface area contributed by atoms with Crippen LogP contribution in [0.25, 0.3) is 33.1 Å². The molecular weight excluding hydrogens is 627 g/mol. The molecule has 0 saturated heterocycles. The van der Waals surface area contributed by atoms with Crippen molar-refractivity contribution in [2.75, 3.05) is 4.90 Å². The van der Waals surface area contributed by atoms with E-state index in [0.717, 1.165) is 0 Å². The lowest BCUT2D eigenvalue weighted by Gasteiger charge is -2.39. The molecule has 0 saturated carbocycles. The maximum Gasteiger partial charge on any atom is 0.244 e. The molecule has 0 radical (unpaired) electrons. The first-order valence-corrected chi connectivity index (χ1v) is 18.9. The van der Waals surface area contributed by atoms with E-state index in [-0.39, 0.29) is 23.0 Å². The molecule has 0 amide bonds. The van der Waals surface area contributed by atoms with Crippen molar-refractivity contribution in [3.05, 3.63) is 161 Å². The summed E-state index contributed by atoms with van der Waals surface area (Å²) in [5, 5.41) is 2.63. The summed E-state index contributed by atoms with van der Waals surface area (Å²) in [6.45, 7) is 18.9. The zero-order valence-corrected chi connectivity index (χ0v) is 31.6. The van der Waals surface area contributed by atoms with Gasteiger partial charge in [-0.05, 0) is 110 Å². The second-order valence-corrected chi connectivity index (χ2v) is 17.8. The first kappa shape index (κ1) is 31.5. The third-order valence-electron chi connectivity index (χ3n) is 12.3. The number of benzene rings is 6. The minimum Gasteiger partial charge on any atom is -0.311 e. The Kier molecular flexibility index (Phi) is 6.30. The van der Waals surface area contributed by atoms with Gasteiger partial charge in [0, 0.05) is 38.9 Å². The Bertz CT molecular complexity index is 2600. The van der Waals surface area contributed by atoms with Crippen molar-refractivity contribution in [3.8, 4) is 5.69 Å². The van der Waals surface area contributed by atoms with Crippen LogP contribution >= 0.6 is 0 Å². The van der Waals surface area contributed by atoms with Gasteiger partial charge >= 0.3 is 0 Å². The van der Waals surface area contributed by atoms with Crippen LogP contribution in [0.5, 0.6) is 0 Å². The molecule has 0 unspecified atom stereocenters. The Balaban J connectivity index is 1.26. The predicted octanol–water partition coefficient (Wildman–Crippen LogP) is 11.4. The molecule has 2 nitrogen and oxygen atoms in total. The summed E-state index contributed by atoms with van der Waals surface area (Å²) in [4.78, 5) is 2.53. The largest absolute Gasteiger partial charge is 0.311 e. The minimum absolute atomic E-state index is 0.0565. The molecule has 7 aromatic rings.